The van der Waals surface area contributed by atoms with Crippen molar-refractivity contribution < 1.29 is 28.6 Å². The molecule has 104 valence electrons. The normalized spacial score (nSPS) is 11.7. The molecule has 0 aromatic heterocycles. The average Bonchev–Trinajstić information content (AvgIpc) is 2.37. The van der Waals surface area contributed by atoms with Gasteiger partial charge in [-0.3, -0.25) is 0 Å². The van der Waals surface area contributed by atoms with Crippen LogP contribution in [0.1, 0.15) is 5.56 Å². The molecule has 0 aliphatic rings. The van der Waals surface area contributed by atoms with Crippen molar-refractivity contribution in [3.8, 4) is 0 Å². The van der Waals surface area contributed by atoms with E-state index in [1.54, 1.807) is 0 Å². The summed E-state index contributed by atoms with van der Waals surface area (Å²) >= 11 is 0. The lowest BCUT2D eigenvalue weighted by Crippen LogP contribution is -2.41. The topological polar surface area (TPSA) is 98.7 Å². The van der Waals surface area contributed by atoms with E-state index in [4.69, 9.17) is 10.2 Å². The number of rotatable bonds is 5. The fourth-order valence-corrected chi connectivity index (χ4v) is 1.17. The zero-order valence-corrected chi connectivity index (χ0v) is 9.69. The van der Waals surface area contributed by atoms with Crippen LogP contribution in [0, 0.1) is 11.6 Å². The number of aliphatic carboxylic acids is 1. The molecule has 0 heterocycles. The summed E-state index contributed by atoms with van der Waals surface area (Å²) in [6.07, 6.45) is -1.70. The minimum atomic E-state index is -1.70. The molecule has 0 fully saturated rings. The van der Waals surface area contributed by atoms with Crippen LogP contribution >= 0.6 is 0 Å². The van der Waals surface area contributed by atoms with E-state index in [0.717, 1.165) is 12.1 Å². The third-order valence-electron chi connectivity index (χ3n) is 2.18. The quantitative estimate of drug-likeness (QED) is 0.617. The Kier molecular flexibility index (Phi) is 5.19. The van der Waals surface area contributed by atoms with Crippen molar-refractivity contribution in [2.45, 2.75) is 12.6 Å². The Bertz CT molecular complexity index is 482. The van der Waals surface area contributed by atoms with E-state index in [1.807, 2.05) is 0 Å². The van der Waals surface area contributed by atoms with Crippen LogP contribution in [0.3, 0.4) is 0 Å². The van der Waals surface area contributed by atoms with Gasteiger partial charge in [0.15, 0.2) is 17.7 Å². The number of urea groups is 1. The monoisotopic (exact) mass is 274 g/mol. The second kappa shape index (κ2) is 6.64. The molecule has 19 heavy (non-hydrogen) atoms. The van der Waals surface area contributed by atoms with Crippen molar-refractivity contribution in [1.29, 1.82) is 0 Å². The van der Waals surface area contributed by atoms with Gasteiger partial charge in [0.1, 0.15) is 0 Å². The highest BCUT2D eigenvalue weighted by atomic mass is 19.2. The Morgan fingerprint density at radius 2 is 1.89 bits per heavy atom. The molecule has 8 heteroatoms. The molecule has 0 aliphatic heterocycles. The Morgan fingerprint density at radius 3 is 2.47 bits per heavy atom. The minimum Gasteiger partial charge on any atom is -0.479 e. The SMILES string of the molecule is O=C(NCc1ccc(F)c(F)c1)NCC(O)C(=O)O. The van der Waals surface area contributed by atoms with Gasteiger partial charge in [0.2, 0.25) is 0 Å². The number of halogens is 2. The predicted octanol–water partition coefficient (Wildman–Crippen LogP) is 0.210. The van der Waals surface area contributed by atoms with Crippen LogP contribution in [0.2, 0.25) is 0 Å². The summed E-state index contributed by atoms with van der Waals surface area (Å²) in [5, 5.41) is 21.7. The molecular formula is C11H12F2N2O4. The Labute approximate surface area is 107 Å². The first-order valence-corrected chi connectivity index (χ1v) is 5.26. The molecule has 6 nitrogen and oxygen atoms in total. The minimum absolute atomic E-state index is 0.0633. The molecule has 0 radical (unpaired) electrons. The van der Waals surface area contributed by atoms with E-state index < -0.39 is 36.3 Å². The molecular weight excluding hydrogens is 262 g/mol. The van der Waals surface area contributed by atoms with Gasteiger partial charge in [-0.05, 0) is 17.7 Å². The molecule has 0 saturated heterocycles. The third-order valence-corrected chi connectivity index (χ3v) is 2.18. The van der Waals surface area contributed by atoms with Crippen LogP contribution in [0.5, 0.6) is 0 Å². The molecule has 4 N–H and O–H groups in total. The maximum atomic E-state index is 12.8. The van der Waals surface area contributed by atoms with E-state index >= 15 is 0 Å². The molecule has 1 atom stereocenters. The van der Waals surface area contributed by atoms with Crippen LogP contribution in [0.4, 0.5) is 13.6 Å². The average molecular weight is 274 g/mol. The number of amides is 2. The molecule has 1 aromatic carbocycles. The lowest BCUT2D eigenvalue weighted by molar-refractivity contribution is -0.146. The third kappa shape index (κ3) is 4.88. The van der Waals surface area contributed by atoms with E-state index in [9.17, 15) is 18.4 Å². The summed E-state index contributed by atoms with van der Waals surface area (Å²) in [5.41, 5.74) is 0.341. The Hall–Kier alpha value is -2.22. The predicted molar refractivity (Wildman–Crippen MR) is 60.2 cm³/mol. The van der Waals surface area contributed by atoms with Crippen LogP contribution in [-0.4, -0.2) is 34.9 Å². The van der Waals surface area contributed by atoms with Crippen molar-refractivity contribution in [3.05, 3.63) is 35.4 Å². The van der Waals surface area contributed by atoms with Crippen LogP contribution in [0.25, 0.3) is 0 Å². The molecule has 0 spiro atoms. The number of benzene rings is 1. The van der Waals surface area contributed by atoms with Crippen molar-refractivity contribution in [2.24, 2.45) is 0 Å². The highest BCUT2D eigenvalue weighted by Gasteiger charge is 2.13. The first-order valence-electron chi connectivity index (χ1n) is 5.26. The highest BCUT2D eigenvalue weighted by molar-refractivity contribution is 5.76. The standard InChI is InChI=1S/C11H12F2N2O4/c12-7-2-1-6(3-8(7)13)4-14-11(19)15-5-9(16)10(17)18/h1-3,9,16H,4-5H2,(H,17,18)(H2,14,15,19). The van der Waals surface area contributed by atoms with E-state index in [2.05, 4.69) is 10.6 Å². The lowest BCUT2D eigenvalue weighted by Gasteiger charge is -2.09. The van der Waals surface area contributed by atoms with Crippen molar-refractivity contribution in [1.82, 2.24) is 10.6 Å². The molecule has 1 rings (SSSR count). The molecule has 1 aromatic rings. The second-order valence-corrected chi connectivity index (χ2v) is 3.67. The summed E-state index contributed by atoms with van der Waals surface area (Å²) in [7, 11) is 0. The molecule has 2 amide bonds. The molecule has 0 bridgehead atoms. The van der Waals surface area contributed by atoms with E-state index in [0.29, 0.717) is 5.56 Å². The number of aliphatic hydroxyl groups is 1. The van der Waals surface area contributed by atoms with Gasteiger partial charge < -0.3 is 20.8 Å². The highest BCUT2D eigenvalue weighted by Crippen LogP contribution is 2.08. The van der Waals surface area contributed by atoms with Gasteiger partial charge in [0.25, 0.3) is 0 Å². The second-order valence-electron chi connectivity index (χ2n) is 3.67. The van der Waals surface area contributed by atoms with E-state index in [-0.39, 0.29) is 6.54 Å². The van der Waals surface area contributed by atoms with Crippen molar-refractivity contribution in [2.75, 3.05) is 6.54 Å². The van der Waals surface area contributed by atoms with Gasteiger partial charge in [-0.1, -0.05) is 6.07 Å². The van der Waals surface area contributed by atoms with Gasteiger partial charge >= 0.3 is 12.0 Å². The van der Waals surface area contributed by atoms with Gasteiger partial charge in [-0.15, -0.1) is 0 Å². The van der Waals surface area contributed by atoms with Gasteiger partial charge in [-0.2, -0.15) is 0 Å². The number of hydrogen-bond acceptors (Lipinski definition) is 3. The maximum absolute atomic E-state index is 12.8. The number of carbonyl (C=O) groups is 2. The number of carbonyl (C=O) groups excluding carboxylic acids is 1. The zero-order chi connectivity index (χ0) is 14.4. The van der Waals surface area contributed by atoms with Crippen LogP contribution in [-0.2, 0) is 11.3 Å². The number of carboxylic acid groups (broad SMARTS) is 1. The first kappa shape index (κ1) is 14.8. The zero-order valence-electron chi connectivity index (χ0n) is 9.69. The number of hydrogen-bond donors (Lipinski definition) is 4. The molecule has 0 aliphatic carbocycles. The molecule has 1 unspecified atom stereocenters. The maximum Gasteiger partial charge on any atom is 0.334 e. The van der Waals surface area contributed by atoms with Gasteiger partial charge in [0, 0.05) is 6.54 Å². The summed E-state index contributed by atoms with van der Waals surface area (Å²) < 4.78 is 25.5. The van der Waals surface area contributed by atoms with Crippen LogP contribution in [0.15, 0.2) is 18.2 Å². The van der Waals surface area contributed by atoms with E-state index in [1.165, 1.54) is 6.07 Å². The number of nitrogens with one attached hydrogen (secondary N) is 2. The first-order chi connectivity index (χ1) is 8.90. The Balaban J connectivity index is 2.37. The van der Waals surface area contributed by atoms with Crippen molar-refractivity contribution in [3.63, 3.8) is 0 Å². The largest absolute Gasteiger partial charge is 0.479 e. The van der Waals surface area contributed by atoms with Gasteiger partial charge in [-0.25, -0.2) is 18.4 Å². The fraction of sp³-hybridized carbons (Fsp3) is 0.273. The van der Waals surface area contributed by atoms with Crippen LogP contribution < -0.4 is 10.6 Å². The molecule has 0 saturated carbocycles. The summed E-state index contributed by atoms with van der Waals surface area (Å²) in [6, 6.07) is 2.43. The summed E-state index contributed by atoms with van der Waals surface area (Å²) in [6.45, 7) is -0.523. The summed E-state index contributed by atoms with van der Waals surface area (Å²) in [5.74, 6) is -3.47. The summed E-state index contributed by atoms with van der Waals surface area (Å²) in [4.78, 5) is 21.5. The number of carboxylic acids is 1. The van der Waals surface area contributed by atoms with Crippen molar-refractivity contribution >= 4 is 12.0 Å². The lowest BCUT2D eigenvalue weighted by atomic mass is 10.2. The smallest absolute Gasteiger partial charge is 0.334 e. The fourth-order valence-electron chi connectivity index (χ4n) is 1.17. The number of aliphatic hydroxyl groups excluding tert-OH is 1. The Morgan fingerprint density at radius 1 is 1.21 bits per heavy atom. The van der Waals surface area contributed by atoms with Gasteiger partial charge in [0.05, 0.1) is 6.54 Å².